The minimum absolute atomic E-state index is 0.0930. The Morgan fingerprint density at radius 1 is 1.09 bits per heavy atom. The molecule has 110 valence electrons. The topological polar surface area (TPSA) is 55.1 Å². The molecular weight excluding hydrogens is 344 g/mol. The van der Waals surface area contributed by atoms with E-state index in [-0.39, 0.29) is 17.2 Å². The number of ketones is 1. The second-order valence-electron chi connectivity index (χ2n) is 4.84. The first kappa shape index (κ1) is 14.5. The lowest BCUT2D eigenvalue weighted by atomic mass is 10.1. The van der Waals surface area contributed by atoms with Crippen LogP contribution < -0.4 is 0 Å². The van der Waals surface area contributed by atoms with E-state index >= 15 is 0 Å². The van der Waals surface area contributed by atoms with E-state index in [1.54, 1.807) is 25.1 Å². The highest BCUT2D eigenvalue weighted by atomic mass is 79.9. The summed E-state index contributed by atoms with van der Waals surface area (Å²) in [6.45, 7) is 1.67. The van der Waals surface area contributed by atoms with Gasteiger partial charge in [-0.3, -0.25) is 4.79 Å². The zero-order valence-corrected chi connectivity index (χ0v) is 13.4. The molecule has 0 amide bonds. The molecule has 0 radical (unpaired) electrons. The first-order chi connectivity index (χ1) is 10.6. The van der Waals surface area contributed by atoms with Crippen molar-refractivity contribution in [3.63, 3.8) is 0 Å². The fraction of sp³-hybridized carbons (Fsp3) is 0.0588. The summed E-state index contributed by atoms with van der Waals surface area (Å²) in [7, 11) is 0. The Bertz CT molecular complexity index is 841. The van der Waals surface area contributed by atoms with E-state index < -0.39 is 0 Å². The average Bonchev–Trinajstić information content (AvgIpc) is 2.84. The number of benzene rings is 2. The largest absolute Gasteiger partial charge is 0.504 e. The third kappa shape index (κ3) is 2.44. The molecule has 1 heterocycles. The lowest BCUT2D eigenvalue weighted by Crippen LogP contribution is -2.10. The Morgan fingerprint density at radius 2 is 1.73 bits per heavy atom. The minimum Gasteiger partial charge on any atom is -0.504 e. The van der Waals surface area contributed by atoms with Crippen molar-refractivity contribution in [2.24, 2.45) is 0 Å². The molecule has 0 bridgehead atoms. The molecule has 3 rings (SSSR count). The quantitative estimate of drug-likeness (QED) is 0.724. The Balaban J connectivity index is 2.19. The van der Waals surface area contributed by atoms with Crippen LogP contribution >= 0.6 is 15.9 Å². The number of aromatic hydroxyl groups is 1. The molecule has 22 heavy (non-hydrogen) atoms. The Morgan fingerprint density at radius 3 is 2.41 bits per heavy atom. The summed E-state index contributed by atoms with van der Waals surface area (Å²) in [5.74, 6) is -0.376. The van der Waals surface area contributed by atoms with Gasteiger partial charge >= 0.3 is 0 Å². The second kappa shape index (κ2) is 5.77. The van der Waals surface area contributed by atoms with Gasteiger partial charge in [-0.2, -0.15) is 5.10 Å². The molecule has 0 atom stereocenters. The Hall–Kier alpha value is -2.40. The summed E-state index contributed by atoms with van der Waals surface area (Å²) in [4.78, 5) is 12.8. The minimum atomic E-state index is -0.283. The maximum Gasteiger partial charge on any atom is 0.216 e. The summed E-state index contributed by atoms with van der Waals surface area (Å²) in [6, 6.07) is 16.4. The van der Waals surface area contributed by atoms with Crippen LogP contribution in [0.1, 0.15) is 21.7 Å². The van der Waals surface area contributed by atoms with E-state index in [0.717, 1.165) is 5.69 Å². The number of halogens is 1. The SMILES string of the molecule is Cc1nn(-c2ccccc2)c(C(=O)c2ccccc2Br)c1O. The van der Waals surface area contributed by atoms with Crippen LogP contribution in [0.3, 0.4) is 0 Å². The van der Waals surface area contributed by atoms with Gasteiger partial charge in [-0.1, -0.05) is 46.3 Å². The number of carbonyl (C=O) groups excluding carboxylic acids is 1. The van der Waals surface area contributed by atoms with Gasteiger partial charge in [-0.25, -0.2) is 4.68 Å². The highest BCUT2D eigenvalue weighted by molar-refractivity contribution is 9.10. The number of carbonyl (C=O) groups is 1. The van der Waals surface area contributed by atoms with Crippen LogP contribution in [0.25, 0.3) is 5.69 Å². The zero-order chi connectivity index (χ0) is 15.7. The highest BCUT2D eigenvalue weighted by Gasteiger charge is 2.24. The van der Waals surface area contributed by atoms with Gasteiger partial charge in [0.2, 0.25) is 5.78 Å². The summed E-state index contributed by atoms with van der Waals surface area (Å²) >= 11 is 3.37. The number of aryl methyl sites for hydroxylation is 1. The molecule has 3 aromatic rings. The van der Waals surface area contributed by atoms with Crippen LogP contribution in [0.5, 0.6) is 5.75 Å². The van der Waals surface area contributed by atoms with Gasteiger partial charge in [0.25, 0.3) is 0 Å². The Labute approximate surface area is 136 Å². The van der Waals surface area contributed by atoms with E-state index in [1.165, 1.54) is 4.68 Å². The molecule has 0 saturated heterocycles. The van der Waals surface area contributed by atoms with Crippen LogP contribution in [0.4, 0.5) is 0 Å². The third-order valence-electron chi connectivity index (χ3n) is 3.36. The molecule has 1 aromatic heterocycles. The van der Waals surface area contributed by atoms with Crippen molar-refractivity contribution < 1.29 is 9.90 Å². The first-order valence-electron chi connectivity index (χ1n) is 6.73. The maximum absolute atomic E-state index is 12.8. The molecule has 0 aliphatic heterocycles. The smallest absolute Gasteiger partial charge is 0.216 e. The molecule has 5 heteroatoms. The van der Waals surface area contributed by atoms with Crippen LogP contribution in [-0.2, 0) is 0 Å². The standard InChI is InChI=1S/C17H13BrN2O2/c1-11-16(21)15(17(22)13-9-5-6-10-14(13)18)20(19-11)12-7-3-2-4-8-12/h2-10,21H,1H3. The molecule has 0 saturated carbocycles. The third-order valence-corrected chi connectivity index (χ3v) is 4.05. The van der Waals surface area contributed by atoms with Crippen molar-refractivity contribution in [1.82, 2.24) is 9.78 Å². The summed E-state index contributed by atoms with van der Waals surface area (Å²) < 4.78 is 2.16. The van der Waals surface area contributed by atoms with E-state index in [0.29, 0.717) is 15.7 Å². The molecule has 0 fully saturated rings. The molecule has 0 aliphatic rings. The fourth-order valence-corrected chi connectivity index (χ4v) is 2.72. The first-order valence-corrected chi connectivity index (χ1v) is 7.52. The average molecular weight is 357 g/mol. The lowest BCUT2D eigenvalue weighted by Gasteiger charge is -2.08. The van der Waals surface area contributed by atoms with Gasteiger partial charge in [0.15, 0.2) is 11.4 Å². The van der Waals surface area contributed by atoms with Gasteiger partial charge in [0.05, 0.1) is 5.69 Å². The number of hydrogen-bond acceptors (Lipinski definition) is 3. The number of hydrogen-bond donors (Lipinski definition) is 1. The molecule has 0 unspecified atom stereocenters. The molecule has 4 nitrogen and oxygen atoms in total. The molecule has 0 spiro atoms. The van der Waals surface area contributed by atoms with Crippen molar-refractivity contribution in [3.05, 3.63) is 76.0 Å². The highest BCUT2D eigenvalue weighted by Crippen LogP contribution is 2.29. The summed E-state index contributed by atoms with van der Waals surface area (Å²) in [5.41, 5.74) is 1.78. The van der Waals surface area contributed by atoms with Gasteiger partial charge in [-0.15, -0.1) is 0 Å². The molecular formula is C17H13BrN2O2. The van der Waals surface area contributed by atoms with E-state index in [2.05, 4.69) is 21.0 Å². The summed E-state index contributed by atoms with van der Waals surface area (Å²) in [5, 5.41) is 14.6. The van der Waals surface area contributed by atoms with Crippen LogP contribution in [0.15, 0.2) is 59.1 Å². The van der Waals surface area contributed by atoms with Gasteiger partial charge < -0.3 is 5.11 Å². The zero-order valence-electron chi connectivity index (χ0n) is 11.8. The van der Waals surface area contributed by atoms with Crippen LogP contribution in [-0.4, -0.2) is 20.7 Å². The van der Waals surface area contributed by atoms with E-state index in [4.69, 9.17) is 0 Å². The number of nitrogens with zero attached hydrogens (tertiary/aromatic N) is 2. The lowest BCUT2D eigenvalue weighted by molar-refractivity contribution is 0.102. The van der Waals surface area contributed by atoms with Crippen LogP contribution in [0.2, 0.25) is 0 Å². The maximum atomic E-state index is 12.8. The van der Waals surface area contributed by atoms with Crippen molar-refractivity contribution in [1.29, 1.82) is 0 Å². The number of para-hydroxylation sites is 1. The fourth-order valence-electron chi connectivity index (χ4n) is 2.25. The van der Waals surface area contributed by atoms with Crippen molar-refractivity contribution in [3.8, 4) is 11.4 Å². The monoisotopic (exact) mass is 356 g/mol. The van der Waals surface area contributed by atoms with E-state index in [9.17, 15) is 9.90 Å². The van der Waals surface area contributed by atoms with Gasteiger partial charge in [-0.05, 0) is 31.2 Å². The second-order valence-corrected chi connectivity index (χ2v) is 5.69. The van der Waals surface area contributed by atoms with Gasteiger partial charge in [0, 0.05) is 10.0 Å². The predicted octanol–water partition coefficient (Wildman–Crippen LogP) is 3.88. The van der Waals surface area contributed by atoms with Crippen LogP contribution in [0, 0.1) is 6.92 Å². The van der Waals surface area contributed by atoms with Gasteiger partial charge in [0.1, 0.15) is 5.69 Å². The Kier molecular flexibility index (Phi) is 3.81. The number of rotatable bonds is 3. The summed E-state index contributed by atoms with van der Waals surface area (Å²) in [6.07, 6.45) is 0. The molecule has 1 N–H and O–H groups in total. The molecule has 0 aliphatic carbocycles. The predicted molar refractivity (Wildman–Crippen MR) is 87.5 cm³/mol. The van der Waals surface area contributed by atoms with Crippen molar-refractivity contribution in [2.45, 2.75) is 6.92 Å². The molecule has 2 aromatic carbocycles. The van der Waals surface area contributed by atoms with Crippen molar-refractivity contribution in [2.75, 3.05) is 0 Å². The number of aromatic nitrogens is 2. The van der Waals surface area contributed by atoms with Crippen molar-refractivity contribution >= 4 is 21.7 Å². The van der Waals surface area contributed by atoms with E-state index in [1.807, 2.05) is 36.4 Å². The normalized spacial score (nSPS) is 10.6.